The molecule has 5 heteroatoms. The van der Waals surface area contributed by atoms with Crippen LogP contribution in [0.25, 0.3) is 16.5 Å². The maximum Gasteiger partial charge on any atom is 0.262 e. The number of hydrogen-bond acceptors (Lipinski definition) is 3. The number of fused-ring (bicyclic) bond motifs is 1. The second-order valence-corrected chi connectivity index (χ2v) is 7.30. The van der Waals surface area contributed by atoms with Crippen molar-refractivity contribution in [3.05, 3.63) is 100 Å². The third-order valence-electron chi connectivity index (χ3n) is 5.47. The molecule has 0 aliphatic rings. The van der Waals surface area contributed by atoms with E-state index in [-0.39, 0.29) is 11.5 Å². The van der Waals surface area contributed by atoms with Crippen LogP contribution in [0.15, 0.2) is 83.8 Å². The molecule has 4 aromatic rings. The van der Waals surface area contributed by atoms with E-state index in [1.807, 2.05) is 68.4 Å². The number of carbonyl (C=O) groups is 1. The topological polar surface area (TPSA) is 51.5 Å². The van der Waals surface area contributed by atoms with Gasteiger partial charge < -0.3 is 9.64 Å². The fourth-order valence-corrected chi connectivity index (χ4v) is 3.83. The SMILES string of the molecule is CCN(C(=O)c1cn(-c2ccc(OC)cc2)c(=O)c2ccccc12)c1ccccc1C. The van der Waals surface area contributed by atoms with Crippen molar-refractivity contribution in [2.24, 2.45) is 0 Å². The Hall–Kier alpha value is -3.86. The van der Waals surface area contributed by atoms with Gasteiger partial charge in [-0.15, -0.1) is 0 Å². The number of amides is 1. The zero-order valence-corrected chi connectivity index (χ0v) is 17.8. The van der Waals surface area contributed by atoms with Crippen molar-refractivity contribution in [2.75, 3.05) is 18.6 Å². The minimum absolute atomic E-state index is 0.143. The van der Waals surface area contributed by atoms with Crippen LogP contribution in [0.1, 0.15) is 22.8 Å². The van der Waals surface area contributed by atoms with Gasteiger partial charge in [0.25, 0.3) is 11.5 Å². The highest BCUT2D eigenvalue weighted by Gasteiger charge is 2.22. The number of hydrogen-bond donors (Lipinski definition) is 0. The van der Waals surface area contributed by atoms with Gasteiger partial charge in [0.1, 0.15) is 5.75 Å². The standard InChI is InChI=1S/C26H24N2O3/c1-4-27(24-12-8-5-9-18(24)2)26(30)23-17-28(19-13-15-20(31-3)16-14-19)25(29)22-11-7-6-10-21(22)23/h5-17H,4H2,1-3H3. The van der Waals surface area contributed by atoms with Crippen LogP contribution in [-0.4, -0.2) is 24.1 Å². The van der Waals surface area contributed by atoms with Crippen LogP contribution in [0.2, 0.25) is 0 Å². The van der Waals surface area contributed by atoms with Crippen molar-refractivity contribution in [1.82, 2.24) is 4.57 Å². The number of benzene rings is 3. The molecule has 0 fully saturated rings. The summed E-state index contributed by atoms with van der Waals surface area (Å²) in [7, 11) is 1.60. The van der Waals surface area contributed by atoms with Crippen molar-refractivity contribution in [3.63, 3.8) is 0 Å². The van der Waals surface area contributed by atoms with Gasteiger partial charge in [-0.2, -0.15) is 0 Å². The van der Waals surface area contributed by atoms with Crippen LogP contribution in [0.5, 0.6) is 5.75 Å². The number of carbonyl (C=O) groups excluding carboxylic acids is 1. The highest BCUT2D eigenvalue weighted by atomic mass is 16.5. The number of methoxy groups -OCH3 is 1. The quantitative estimate of drug-likeness (QED) is 0.465. The first-order chi connectivity index (χ1) is 15.0. The van der Waals surface area contributed by atoms with Gasteiger partial charge in [0.05, 0.1) is 12.7 Å². The van der Waals surface area contributed by atoms with E-state index in [4.69, 9.17) is 4.74 Å². The van der Waals surface area contributed by atoms with E-state index in [1.54, 1.807) is 36.4 Å². The normalized spacial score (nSPS) is 10.8. The van der Waals surface area contributed by atoms with Gasteiger partial charge in [0.15, 0.2) is 0 Å². The Bertz CT molecular complexity index is 1310. The van der Waals surface area contributed by atoms with Crippen LogP contribution in [0.4, 0.5) is 5.69 Å². The molecule has 0 spiro atoms. The fourth-order valence-electron chi connectivity index (χ4n) is 3.83. The third-order valence-corrected chi connectivity index (χ3v) is 5.47. The van der Waals surface area contributed by atoms with E-state index >= 15 is 0 Å². The molecule has 5 nitrogen and oxygen atoms in total. The molecular formula is C26H24N2O3. The minimum Gasteiger partial charge on any atom is -0.497 e. The fraction of sp³-hybridized carbons (Fsp3) is 0.154. The van der Waals surface area contributed by atoms with Gasteiger partial charge in [-0.1, -0.05) is 36.4 Å². The van der Waals surface area contributed by atoms with E-state index in [0.29, 0.717) is 34.3 Å². The number of aryl methyl sites for hydroxylation is 1. The number of anilines is 1. The molecule has 0 N–H and O–H groups in total. The number of nitrogens with zero attached hydrogens (tertiary/aromatic N) is 2. The van der Waals surface area contributed by atoms with Crippen molar-refractivity contribution < 1.29 is 9.53 Å². The maximum absolute atomic E-state index is 13.7. The van der Waals surface area contributed by atoms with Crippen LogP contribution in [0, 0.1) is 6.92 Å². The lowest BCUT2D eigenvalue weighted by Gasteiger charge is -2.24. The predicted molar refractivity (Wildman–Crippen MR) is 125 cm³/mol. The summed E-state index contributed by atoms with van der Waals surface area (Å²) in [6.07, 6.45) is 1.65. The van der Waals surface area contributed by atoms with Gasteiger partial charge in [0.2, 0.25) is 0 Å². The summed E-state index contributed by atoms with van der Waals surface area (Å²) in [4.78, 5) is 28.7. The highest BCUT2D eigenvalue weighted by molar-refractivity contribution is 6.14. The molecule has 0 unspecified atom stereocenters. The summed E-state index contributed by atoms with van der Waals surface area (Å²) in [5.41, 5.74) is 2.86. The van der Waals surface area contributed by atoms with Gasteiger partial charge >= 0.3 is 0 Å². The summed E-state index contributed by atoms with van der Waals surface area (Å²) in [6, 6.07) is 22.3. The molecule has 0 bridgehead atoms. The maximum atomic E-state index is 13.7. The van der Waals surface area contributed by atoms with Crippen molar-refractivity contribution in [2.45, 2.75) is 13.8 Å². The smallest absolute Gasteiger partial charge is 0.262 e. The van der Waals surface area contributed by atoms with Gasteiger partial charge in [0, 0.05) is 34.9 Å². The highest BCUT2D eigenvalue weighted by Crippen LogP contribution is 2.25. The van der Waals surface area contributed by atoms with E-state index in [2.05, 4.69) is 0 Å². The average Bonchev–Trinajstić information content (AvgIpc) is 2.81. The van der Waals surface area contributed by atoms with Crippen LogP contribution >= 0.6 is 0 Å². The summed E-state index contributed by atoms with van der Waals surface area (Å²) in [5.74, 6) is 0.556. The first-order valence-electron chi connectivity index (χ1n) is 10.2. The van der Waals surface area contributed by atoms with E-state index in [1.165, 1.54) is 4.57 Å². The number of rotatable bonds is 5. The molecular weight excluding hydrogens is 388 g/mol. The lowest BCUT2D eigenvalue weighted by atomic mass is 10.0. The molecule has 1 heterocycles. The molecule has 0 aliphatic carbocycles. The second-order valence-electron chi connectivity index (χ2n) is 7.30. The van der Waals surface area contributed by atoms with Gasteiger partial charge in [-0.25, -0.2) is 0 Å². The zero-order valence-electron chi connectivity index (χ0n) is 17.8. The summed E-state index contributed by atoms with van der Waals surface area (Å²) < 4.78 is 6.75. The van der Waals surface area contributed by atoms with Crippen molar-refractivity contribution in [3.8, 4) is 11.4 Å². The summed E-state index contributed by atoms with van der Waals surface area (Å²) in [6.45, 7) is 4.45. The first-order valence-corrected chi connectivity index (χ1v) is 10.2. The molecule has 3 aromatic carbocycles. The third kappa shape index (κ3) is 3.70. The summed E-state index contributed by atoms with van der Waals surface area (Å²) >= 11 is 0. The molecule has 0 atom stereocenters. The van der Waals surface area contributed by atoms with Crippen LogP contribution in [-0.2, 0) is 0 Å². The average molecular weight is 412 g/mol. The lowest BCUT2D eigenvalue weighted by Crippen LogP contribution is -2.33. The molecule has 1 aromatic heterocycles. The lowest BCUT2D eigenvalue weighted by molar-refractivity contribution is 0.0989. The minimum atomic E-state index is -0.170. The van der Waals surface area contributed by atoms with E-state index in [0.717, 1.165) is 11.3 Å². The van der Waals surface area contributed by atoms with Crippen molar-refractivity contribution >= 4 is 22.4 Å². The molecule has 1 amide bonds. The van der Waals surface area contributed by atoms with Crippen LogP contribution < -0.4 is 15.2 Å². The van der Waals surface area contributed by atoms with Gasteiger partial charge in [-0.05, 0) is 55.8 Å². The molecule has 31 heavy (non-hydrogen) atoms. The predicted octanol–water partition coefficient (Wildman–Crippen LogP) is 4.97. The Morgan fingerprint density at radius 3 is 2.23 bits per heavy atom. The monoisotopic (exact) mass is 412 g/mol. The van der Waals surface area contributed by atoms with Gasteiger partial charge in [-0.3, -0.25) is 14.2 Å². The Morgan fingerprint density at radius 1 is 0.935 bits per heavy atom. The van der Waals surface area contributed by atoms with E-state index in [9.17, 15) is 9.59 Å². The number of para-hydroxylation sites is 1. The first kappa shape index (κ1) is 20.4. The molecule has 0 radical (unpaired) electrons. The number of ether oxygens (including phenoxy) is 1. The number of aromatic nitrogens is 1. The molecule has 0 saturated heterocycles. The molecule has 4 rings (SSSR count). The zero-order chi connectivity index (χ0) is 22.0. The molecule has 0 saturated carbocycles. The Morgan fingerprint density at radius 2 is 1.58 bits per heavy atom. The molecule has 156 valence electrons. The Labute approximate surface area is 181 Å². The summed E-state index contributed by atoms with van der Waals surface area (Å²) in [5, 5.41) is 1.15. The largest absolute Gasteiger partial charge is 0.497 e. The molecule has 0 aliphatic heterocycles. The number of pyridine rings is 1. The van der Waals surface area contributed by atoms with Crippen LogP contribution in [0.3, 0.4) is 0 Å². The van der Waals surface area contributed by atoms with E-state index < -0.39 is 0 Å². The Balaban J connectivity index is 1.92. The second kappa shape index (κ2) is 8.48. The van der Waals surface area contributed by atoms with Crippen molar-refractivity contribution in [1.29, 1.82) is 0 Å². The Kier molecular flexibility index (Phi) is 5.58.